The standard InChI is InChI=1S/C9H8N6O/c1-5-11-7-2-6(4-10-9(7)16-5)3-8-12-14-15-13-8/h2,4H,3H2,1H3,(H,12,13,14,15). The van der Waals surface area contributed by atoms with Gasteiger partial charge in [-0.15, -0.1) is 10.2 Å². The lowest BCUT2D eigenvalue weighted by molar-refractivity contribution is 0.551. The van der Waals surface area contributed by atoms with Gasteiger partial charge in [-0.1, -0.05) is 5.21 Å². The van der Waals surface area contributed by atoms with Crippen LogP contribution < -0.4 is 0 Å². The zero-order valence-electron chi connectivity index (χ0n) is 8.51. The Kier molecular flexibility index (Phi) is 1.89. The van der Waals surface area contributed by atoms with E-state index in [4.69, 9.17) is 4.42 Å². The van der Waals surface area contributed by atoms with Gasteiger partial charge in [-0.2, -0.15) is 5.21 Å². The molecule has 1 N–H and O–H groups in total. The number of fused-ring (bicyclic) bond motifs is 1. The fourth-order valence-electron chi connectivity index (χ4n) is 1.51. The summed E-state index contributed by atoms with van der Waals surface area (Å²) in [5.74, 6) is 1.24. The molecule has 0 aromatic carbocycles. The highest BCUT2D eigenvalue weighted by Crippen LogP contribution is 2.14. The molecule has 0 radical (unpaired) electrons. The number of nitrogens with zero attached hydrogens (tertiary/aromatic N) is 5. The molecule has 7 heteroatoms. The number of pyridine rings is 1. The topological polar surface area (TPSA) is 93.4 Å². The zero-order valence-corrected chi connectivity index (χ0v) is 8.51. The summed E-state index contributed by atoms with van der Waals surface area (Å²) >= 11 is 0. The van der Waals surface area contributed by atoms with Crippen molar-refractivity contribution in [2.75, 3.05) is 0 Å². The number of nitrogens with one attached hydrogen (secondary N) is 1. The van der Waals surface area contributed by atoms with E-state index in [1.165, 1.54) is 0 Å². The first-order valence-corrected chi connectivity index (χ1v) is 4.75. The van der Waals surface area contributed by atoms with Crippen LogP contribution in [0, 0.1) is 6.92 Å². The minimum atomic E-state index is 0.550. The molecule has 3 rings (SSSR count). The molecule has 0 spiro atoms. The van der Waals surface area contributed by atoms with Gasteiger partial charge in [0.1, 0.15) is 5.52 Å². The van der Waals surface area contributed by atoms with Crippen molar-refractivity contribution in [1.29, 1.82) is 0 Å². The van der Waals surface area contributed by atoms with Crippen LogP contribution >= 0.6 is 0 Å². The maximum Gasteiger partial charge on any atom is 0.246 e. The van der Waals surface area contributed by atoms with Gasteiger partial charge in [0.25, 0.3) is 0 Å². The lowest BCUT2D eigenvalue weighted by Crippen LogP contribution is -1.92. The molecule has 0 saturated carbocycles. The first-order chi connectivity index (χ1) is 7.81. The van der Waals surface area contributed by atoms with Gasteiger partial charge in [-0.25, -0.2) is 9.97 Å². The van der Waals surface area contributed by atoms with Gasteiger partial charge in [0.2, 0.25) is 5.71 Å². The third-order valence-corrected chi connectivity index (χ3v) is 2.16. The second-order valence-electron chi connectivity index (χ2n) is 3.41. The van der Waals surface area contributed by atoms with E-state index in [1.54, 1.807) is 13.1 Å². The fourth-order valence-corrected chi connectivity index (χ4v) is 1.51. The molecule has 3 heterocycles. The maximum atomic E-state index is 5.29. The van der Waals surface area contributed by atoms with Crippen LogP contribution in [0.15, 0.2) is 16.7 Å². The zero-order chi connectivity index (χ0) is 11.0. The Labute approximate surface area is 89.9 Å². The number of hydrogen-bond donors (Lipinski definition) is 1. The van der Waals surface area contributed by atoms with Gasteiger partial charge in [0.05, 0.1) is 0 Å². The molecule has 0 aliphatic rings. The second-order valence-corrected chi connectivity index (χ2v) is 3.41. The number of hydrogen-bond acceptors (Lipinski definition) is 6. The van der Waals surface area contributed by atoms with Gasteiger partial charge in [0.15, 0.2) is 11.7 Å². The van der Waals surface area contributed by atoms with Crippen molar-refractivity contribution in [3.63, 3.8) is 0 Å². The Morgan fingerprint density at radius 2 is 2.38 bits per heavy atom. The van der Waals surface area contributed by atoms with Crippen molar-refractivity contribution in [3.05, 3.63) is 29.5 Å². The van der Waals surface area contributed by atoms with Gasteiger partial charge >= 0.3 is 0 Å². The van der Waals surface area contributed by atoms with E-state index in [0.717, 1.165) is 11.1 Å². The van der Waals surface area contributed by atoms with Crippen LogP contribution in [0.1, 0.15) is 17.3 Å². The van der Waals surface area contributed by atoms with Gasteiger partial charge < -0.3 is 4.42 Å². The van der Waals surface area contributed by atoms with Gasteiger partial charge in [-0.05, 0) is 11.6 Å². The van der Waals surface area contributed by atoms with Crippen LogP contribution in [0.2, 0.25) is 0 Å². The van der Waals surface area contributed by atoms with E-state index in [2.05, 4.69) is 30.6 Å². The lowest BCUT2D eigenvalue weighted by Gasteiger charge is -1.94. The molecular formula is C9H8N6O. The molecule has 80 valence electrons. The normalized spacial score (nSPS) is 11.1. The average Bonchev–Trinajstić information content (AvgIpc) is 2.85. The molecule has 0 amide bonds. The molecule has 3 aromatic heterocycles. The van der Waals surface area contributed by atoms with E-state index in [0.29, 0.717) is 23.8 Å². The number of aromatic nitrogens is 6. The Bertz CT molecular complexity index is 614. The van der Waals surface area contributed by atoms with Crippen molar-refractivity contribution in [3.8, 4) is 0 Å². The summed E-state index contributed by atoms with van der Waals surface area (Å²) in [4.78, 5) is 8.38. The third kappa shape index (κ3) is 1.52. The summed E-state index contributed by atoms with van der Waals surface area (Å²) in [5.41, 5.74) is 2.27. The van der Waals surface area contributed by atoms with E-state index < -0.39 is 0 Å². The van der Waals surface area contributed by atoms with Crippen molar-refractivity contribution in [2.24, 2.45) is 0 Å². The average molecular weight is 216 g/mol. The lowest BCUT2D eigenvalue weighted by atomic mass is 10.2. The van der Waals surface area contributed by atoms with Gasteiger partial charge in [0, 0.05) is 19.5 Å². The maximum absolute atomic E-state index is 5.29. The second kappa shape index (κ2) is 3.37. The van der Waals surface area contributed by atoms with E-state index >= 15 is 0 Å². The summed E-state index contributed by atoms with van der Waals surface area (Å²) in [7, 11) is 0. The molecule has 0 aliphatic carbocycles. The Balaban J connectivity index is 1.98. The third-order valence-electron chi connectivity index (χ3n) is 2.16. The fraction of sp³-hybridized carbons (Fsp3) is 0.222. The number of aryl methyl sites for hydroxylation is 1. The predicted molar refractivity (Wildman–Crippen MR) is 53.5 cm³/mol. The SMILES string of the molecule is Cc1nc2cc(Cc3nn[nH]n3)cnc2o1. The monoisotopic (exact) mass is 216 g/mol. The number of H-pyrrole nitrogens is 1. The van der Waals surface area contributed by atoms with Crippen LogP contribution in [0.4, 0.5) is 0 Å². The molecule has 0 bridgehead atoms. The first kappa shape index (κ1) is 8.96. The molecule has 16 heavy (non-hydrogen) atoms. The highest BCUT2D eigenvalue weighted by Gasteiger charge is 2.06. The number of oxazole rings is 1. The minimum Gasteiger partial charge on any atom is -0.423 e. The smallest absolute Gasteiger partial charge is 0.246 e. The highest BCUT2D eigenvalue weighted by molar-refractivity contribution is 5.68. The summed E-state index contributed by atoms with van der Waals surface area (Å²) in [6, 6.07) is 1.91. The molecule has 0 unspecified atom stereocenters. The molecule has 0 fully saturated rings. The van der Waals surface area contributed by atoms with Crippen molar-refractivity contribution in [2.45, 2.75) is 13.3 Å². The summed E-state index contributed by atoms with van der Waals surface area (Å²) in [6.45, 7) is 1.79. The quantitative estimate of drug-likeness (QED) is 0.675. The molecule has 7 nitrogen and oxygen atoms in total. The van der Waals surface area contributed by atoms with E-state index in [1.807, 2.05) is 6.07 Å². The van der Waals surface area contributed by atoms with Crippen LogP contribution in [0.3, 0.4) is 0 Å². The largest absolute Gasteiger partial charge is 0.423 e. The number of tetrazole rings is 1. The molecule has 0 saturated heterocycles. The molecule has 3 aromatic rings. The summed E-state index contributed by atoms with van der Waals surface area (Å²) < 4.78 is 5.29. The van der Waals surface area contributed by atoms with Crippen LogP contribution in [0.25, 0.3) is 11.2 Å². The molecular weight excluding hydrogens is 208 g/mol. The summed E-state index contributed by atoms with van der Waals surface area (Å²) in [6.07, 6.45) is 2.30. The van der Waals surface area contributed by atoms with E-state index in [9.17, 15) is 0 Å². The van der Waals surface area contributed by atoms with Crippen LogP contribution in [-0.4, -0.2) is 30.6 Å². The van der Waals surface area contributed by atoms with Gasteiger partial charge in [-0.3, -0.25) is 0 Å². The molecule has 0 aliphatic heterocycles. The number of rotatable bonds is 2. The number of aromatic amines is 1. The van der Waals surface area contributed by atoms with Crippen molar-refractivity contribution >= 4 is 11.2 Å². The highest BCUT2D eigenvalue weighted by atomic mass is 16.4. The molecule has 0 atom stereocenters. The first-order valence-electron chi connectivity index (χ1n) is 4.75. The van der Waals surface area contributed by atoms with Crippen molar-refractivity contribution in [1.82, 2.24) is 30.6 Å². The Morgan fingerprint density at radius 1 is 1.44 bits per heavy atom. The minimum absolute atomic E-state index is 0.550. The van der Waals surface area contributed by atoms with Crippen LogP contribution in [-0.2, 0) is 6.42 Å². The Morgan fingerprint density at radius 3 is 3.19 bits per heavy atom. The Hall–Kier alpha value is -2.31. The van der Waals surface area contributed by atoms with Crippen LogP contribution in [0.5, 0.6) is 0 Å². The predicted octanol–water partition coefficient (Wildman–Crippen LogP) is 0.635. The van der Waals surface area contributed by atoms with Crippen molar-refractivity contribution < 1.29 is 4.42 Å². The summed E-state index contributed by atoms with van der Waals surface area (Å²) in [5, 5.41) is 13.7. The van der Waals surface area contributed by atoms with E-state index in [-0.39, 0.29) is 0 Å².